The molecule has 0 atom stereocenters. The summed E-state index contributed by atoms with van der Waals surface area (Å²) in [7, 11) is 1.44. The summed E-state index contributed by atoms with van der Waals surface area (Å²) in [5, 5.41) is -0.121. The molecule has 0 aliphatic heterocycles. The van der Waals surface area contributed by atoms with Crippen molar-refractivity contribution in [1.29, 1.82) is 0 Å². The highest BCUT2D eigenvalue weighted by Crippen LogP contribution is 2.38. The van der Waals surface area contributed by atoms with Crippen molar-refractivity contribution in [2.75, 3.05) is 7.11 Å². The Labute approximate surface area is 184 Å². The van der Waals surface area contributed by atoms with Crippen molar-refractivity contribution in [2.45, 2.75) is 12.8 Å². The van der Waals surface area contributed by atoms with Crippen LogP contribution in [0.5, 0.6) is 23.0 Å². The molecule has 0 saturated carbocycles. The number of alkyl halides is 3. The van der Waals surface area contributed by atoms with E-state index in [0.29, 0.717) is 11.3 Å². The monoisotopic (exact) mass is 460 g/mol. The predicted molar refractivity (Wildman–Crippen MR) is 111 cm³/mol. The largest absolute Gasteiger partial charge is 0.497 e. The molecule has 4 aromatic rings. The molecule has 4 rings (SSSR count). The maximum absolute atomic E-state index is 13.7. The van der Waals surface area contributed by atoms with E-state index in [0.717, 1.165) is 0 Å². The summed E-state index contributed by atoms with van der Waals surface area (Å²) in [6.07, 6.45) is -4.99. The van der Waals surface area contributed by atoms with Crippen LogP contribution in [0.2, 0.25) is 0 Å². The quantitative estimate of drug-likeness (QED) is 0.315. The third-order valence-corrected chi connectivity index (χ3v) is 4.65. The second-order valence-corrected chi connectivity index (χ2v) is 6.94. The van der Waals surface area contributed by atoms with Crippen molar-refractivity contribution in [3.05, 3.63) is 94.1 Å². The molecule has 9 heteroatoms. The number of hydrogen-bond donors (Lipinski definition) is 0. The van der Waals surface area contributed by atoms with E-state index in [1.165, 1.54) is 67.8 Å². The van der Waals surface area contributed by atoms with E-state index in [2.05, 4.69) is 0 Å². The number of halogens is 4. The van der Waals surface area contributed by atoms with E-state index >= 15 is 0 Å². The second-order valence-electron chi connectivity index (χ2n) is 6.94. The standard InChI is InChI=1S/C24H16F4O5/c1-30-16-5-7-17(8-6-16)32-22-21(29)19-10-9-18(12-20(19)33-23(22)24(26,27)28)31-13-14-3-2-4-15(25)11-14/h2-12H,13H2,1H3. The third-order valence-electron chi connectivity index (χ3n) is 4.65. The summed E-state index contributed by atoms with van der Waals surface area (Å²) in [5.41, 5.74) is -0.794. The molecule has 0 spiro atoms. The van der Waals surface area contributed by atoms with Gasteiger partial charge in [0.15, 0.2) is 0 Å². The zero-order chi connectivity index (χ0) is 23.6. The first-order chi connectivity index (χ1) is 15.7. The van der Waals surface area contributed by atoms with Gasteiger partial charge in [-0.05, 0) is 54.1 Å². The molecule has 170 valence electrons. The summed E-state index contributed by atoms with van der Waals surface area (Å²) in [6.45, 7) is -0.0295. The molecular formula is C24H16F4O5. The van der Waals surface area contributed by atoms with Gasteiger partial charge >= 0.3 is 6.18 Å². The molecule has 1 aromatic heterocycles. The van der Waals surface area contributed by atoms with Crippen LogP contribution in [-0.2, 0) is 12.8 Å². The van der Waals surface area contributed by atoms with Crippen LogP contribution in [0.15, 0.2) is 75.9 Å². The van der Waals surface area contributed by atoms with Crippen molar-refractivity contribution >= 4 is 11.0 Å². The van der Waals surface area contributed by atoms with Gasteiger partial charge in [0, 0.05) is 6.07 Å². The molecule has 0 unspecified atom stereocenters. The van der Waals surface area contributed by atoms with Gasteiger partial charge in [-0.1, -0.05) is 12.1 Å². The van der Waals surface area contributed by atoms with Crippen LogP contribution in [0.4, 0.5) is 17.6 Å². The number of rotatable bonds is 6. The van der Waals surface area contributed by atoms with Crippen LogP contribution < -0.4 is 19.6 Å². The molecule has 33 heavy (non-hydrogen) atoms. The highest BCUT2D eigenvalue weighted by Gasteiger charge is 2.40. The lowest BCUT2D eigenvalue weighted by atomic mass is 10.2. The number of benzene rings is 3. The first-order valence-electron chi connectivity index (χ1n) is 9.62. The normalized spacial score (nSPS) is 11.4. The van der Waals surface area contributed by atoms with E-state index < -0.39 is 28.9 Å². The van der Waals surface area contributed by atoms with Crippen LogP contribution >= 0.6 is 0 Å². The fourth-order valence-electron chi connectivity index (χ4n) is 3.08. The van der Waals surface area contributed by atoms with Crippen LogP contribution in [-0.4, -0.2) is 7.11 Å². The Balaban J connectivity index is 1.70. The molecule has 0 amide bonds. The Bertz CT molecular complexity index is 1340. The van der Waals surface area contributed by atoms with E-state index in [1.807, 2.05) is 0 Å². The van der Waals surface area contributed by atoms with Crippen molar-refractivity contribution in [3.63, 3.8) is 0 Å². The number of fused-ring (bicyclic) bond motifs is 1. The summed E-state index contributed by atoms with van der Waals surface area (Å²) in [4.78, 5) is 12.9. The summed E-state index contributed by atoms with van der Waals surface area (Å²) in [5.74, 6) is -2.38. The highest BCUT2D eigenvalue weighted by molar-refractivity contribution is 5.79. The molecule has 0 bridgehead atoms. The van der Waals surface area contributed by atoms with Gasteiger partial charge in [-0.15, -0.1) is 0 Å². The van der Waals surface area contributed by atoms with Gasteiger partial charge in [0.05, 0.1) is 12.5 Å². The van der Waals surface area contributed by atoms with Gasteiger partial charge < -0.3 is 18.6 Å². The lowest BCUT2D eigenvalue weighted by molar-refractivity contribution is -0.154. The Morgan fingerprint density at radius 3 is 2.27 bits per heavy atom. The van der Waals surface area contributed by atoms with Gasteiger partial charge in [0.25, 0.3) is 5.76 Å². The SMILES string of the molecule is COc1ccc(Oc2c(C(F)(F)F)oc3cc(OCc4cccc(F)c4)ccc3c2=O)cc1. The maximum atomic E-state index is 13.7. The first kappa shape index (κ1) is 22.2. The number of methoxy groups -OCH3 is 1. The van der Waals surface area contributed by atoms with Crippen LogP contribution in [0.3, 0.4) is 0 Å². The van der Waals surface area contributed by atoms with E-state index in [4.69, 9.17) is 18.6 Å². The lowest BCUT2D eigenvalue weighted by Crippen LogP contribution is -2.15. The van der Waals surface area contributed by atoms with E-state index in [1.54, 1.807) is 6.07 Å². The van der Waals surface area contributed by atoms with Gasteiger partial charge in [-0.25, -0.2) is 4.39 Å². The van der Waals surface area contributed by atoms with Crippen molar-refractivity contribution < 1.29 is 36.2 Å². The van der Waals surface area contributed by atoms with Crippen molar-refractivity contribution in [1.82, 2.24) is 0 Å². The number of hydrogen-bond acceptors (Lipinski definition) is 5. The maximum Gasteiger partial charge on any atom is 0.453 e. The Morgan fingerprint density at radius 2 is 1.61 bits per heavy atom. The first-order valence-corrected chi connectivity index (χ1v) is 9.62. The fourth-order valence-corrected chi connectivity index (χ4v) is 3.08. The summed E-state index contributed by atoms with van der Waals surface area (Å²) < 4.78 is 75.2. The molecule has 3 aromatic carbocycles. The topological polar surface area (TPSA) is 57.9 Å². The molecule has 0 fully saturated rings. The van der Waals surface area contributed by atoms with Crippen LogP contribution in [0, 0.1) is 5.82 Å². The average molecular weight is 460 g/mol. The van der Waals surface area contributed by atoms with Crippen molar-refractivity contribution in [3.8, 4) is 23.0 Å². The van der Waals surface area contributed by atoms with Crippen LogP contribution in [0.1, 0.15) is 11.3 Å². The minimum Gasteiger partial charge on any atom is -0.497 e. The Hall–Kier alpha value is -4.01. The van der Waals surface area contributed by atoms with Crippen LogP contribution in [0.25, 0.3) is 11.0 Å². The molecule has 0 aliphatic carbocycles. The minimum atomic E-state index is -4.99. The molecule has 0 N–H and O–H groups in total. The summed E-state index contributed by atoms with van der Waals surface area (Å²) >= 11 is 0. The third kappa shape index (κ3) is 4.92. The zero-order valence-corrected chi connectivity index (χ0v) is 17.1. The van der Waals surface area contributed by atoms with Gasteiger partial charge in [-0.2, -0.15) is 13.2 Å². The molecular weight excluding hydrogens is 444 g/mol. The fraction of sp³-hybridized carbons (Fsp3) is 0.125. The molecule has 0 aliphatic rings. The Morgan fingerprint density at radius 1 is 0.909 bits per heavy atom. The smallest absolute Gasteiger partial charge is 0.453 e. The number of ether oxygens (including phenoxy) is 3. The van der Waals surface area contributed by atoms with E-state index in [-0.39, 0.29) is 29.1 Å². The molecule has 0 radical (unpaired) electrons. The second kappa shape index (κ2) is 8.85. The molecule has 1 heterocycles. The lowest BCUT2D eigenvalue weighted by Gasteiger charge is -2.14. The van der Waals surface area contributed by atoms with E-state index in [9.17, 15) is 22.4 Å². The predicted octanol–water partition coefficient (Wildman–Crippen LogP) is 6.33. The average Bonchev–Trinajstić information content (AvgIpc) is 2.79. The van der Waals surface area contributed by atoms with Gasteiger partial charge in [-0.3, -0.25) is 4.79 Å². The Kier molecular flexibility index (Phi) is 5.95. The highest BCUT2D eigenvalue weighted by atomic mass is 19.4. The van der Waals surface area contributed by atoms with Gasteiger partial charge in [0.2, 0.25) is 11.2 Å². The minimum absolute atomic E-state index is 0.00277. The van der Waals surface area contributed by atoms with Gasteiger partial charge in [0.1, 0.15) is 35.3 Å². The summed E-state index contributed by atoms with van der Waals surface area (Å²) in [6, 6.07) is 15.2. The molecule has 0 saturated heterocycles. The van der Waals surface area contributed by atoms with Crippen molar-refractivity contribution in [2.24, 2.45) is 0 Å². The molecule has 5 nitrogen and oxygen atoms in total. The zero-order valence-electron chi connectivity index (χ0n) is 17.1.